The third-order valence-electron chi connectivity index (χ3n) is 1.43. The van der Waals surface area contributed by atoms with Crippen molar-refractivity contribution in [2.75, 3.05) is 0 Å². The minimum absolute atomic E-state index is 0.0627. The fourth-order valence-electron chi connectivity index (χ4n) is 1.04. The maximum Gasteiger partial charge on any atom is 0.361 e. The van der Waals surface area contributed by atoms with Crippen LogP contribution in [0.4, 0.5) is 0 Å². The van der Waals surface area contributed by atoms with Crippen LogP contribution in [0.15, 0.2) is 0 Å². The van der Waals surface area contributed by atoms with Crippen molar-refractivity contribution in [2.24, 2.45) is 0 Å². The number of rotatable bonds is 1. The highest BCUT2D eigenvalue weighted by atomic mass is 32.2. The number of amides is 1. The van der Waals surface area contributed by atoms with E-state index in [-0.39, 0.29) is 10.7 Å². The van der Waals surface area contributed by atoms with E-state index in [0.717, 1.165) is 0 Å². The predicted octanol–water partition coefficient (Wildman–Crippen LogP) is -1.09. The lowest BCUT2D eigenvalue weighted by Crippen LogP contribution is -2.64. The highest BCUT2D eigenvalue weighted by molar-refractivity contribution is 7.84. The molecule has 2 radical (unpaired) electrons. The molecule has 5 nitrogen and oxygen atoms in total. The smallest absolute Gasteiger partial charge is 0.274 e. The Hall–Kier alpha value is -0.555. The van der Waals surface area contributed by atoms with Crippen LogP contribution in [0.25, 0.3) is 0 Å². The normalized spacial score (nSPS) is 31.8. The van der Waals surface area contributed by atoms with Crippen LogP contribution in [0.2, 0.25) is 0 Å². The molecule has 0 aromatic rings. The van der Waals surface area contributed by atoms with Crippen LogP contribution >= 0.6 is 0 Å². The van der Waals surface area contributed by atoms with Crippen molar-refractivity contribution in [3.8, 4) is 0 Å². The molecule has 1 atom stereocenters. The summed E-state index contributed by atoms with van der Waals surface area (Å²) in [7, 11) is 0.844. The Balaban J connectivity index is 2.98. The van der Waals surface area contributed by atoms with Crippen LogP contribution in [0.5, 0.6) is 0 Å². The SMILES string of the molecule is [B][C@]1(C)CC(=O)N1S(=O)(=O)O. The molecule has 0 aliphatic carbocycles. The summed E-state index contributed by atoms with van der Waals surface area (Å²) in [5.74, 6) is -0.683. The zero-order valence-corrected chi connectivity index (χ0v) is 6.63. The van der Waals surface area contributed by atoms with Gasteiger partial charge in [-0.2, -0.15) is 8.42 Å². The fraction of sp³-hybridized carbons (Fsp3) is 0.750. The van der Waals surface area contributed by atoms with Gasteiger partial charge in [-0.1, -0.05) is 0 Å². The van der Waals surface area contributed by atoms with E-state index in [4.69, 9.17) is 12.4 Å². The van der Waals surface area contributed by atoms with Crippen molar-refractivity contribution in [1.82, 2.24) is 4.31 Å². The van der Waals surface area contributed by atoms with Gasteiger partial charge in [0.2, 0.25) is 5.91 Å². The minimum atomic E-state index is -4.46. The summed E-state index contributed by atoms with van der Waals surface area (Å²) in [6, 6.07) is 0. The van der Waals surface area contributed by atoms with Gasteiger partial charge in [0.15, 0.2) is 0 Å². The minimum Gasteiger partial charge on any atom is -0.274 e. The lowest BCUT2D eigenvalue weighted by atomic mass is 9.71. The largest absolute Gasteiger partial charge is 0.361 e. The Labute approximate surface area is 65.7 Å². The lowest BCUT2D eigenvalue weighted by Gasteiger charge is -2.44. The van der Waals surface area contributed by atoms with E-state index in [1.54, 1.807) is 0 Å². The monoisotopic (exact) mass is 175 g/mol. The van der Waals surface area contributed by atoms with Crippen LogP contribution < -0.4 is 0 Å². The van der Waals surface area contributed by atoms with Crippen molar-refractivity contribution in [1.29, 1.82) is 0 Å². The number of nitrogens with zero attached hydrogens (tertiary/aromatic N) is 1. The summed E-state index contributed by atoms with van der Waals surface area (Å²) < 4.78 is 29.5. The molecule has 1 saturated heterocycles. The second-order valence-electron chi connectivity index (χ2n) is 2.67. The summed E-state index contributed by atoms with van der Waals surface area (Å²) in [6.45, 7) is 1.35. The molecule has 11 heavy (non-hydrogen) atoms. The number of hydrogen-bond acceptors (Lipinski definition) is 3. The van der Waals surface area contributed by atoms with Crippen molar-refractivity contribution in [3.63, 3.8) is 0 Å². The van der Waals surface area contributed by atoms with Crippen molar-refractivity contribution < 1.29 is 17.8 Å². The molecule has 0 saturated carbocycles. The van der Waals surface area contributed by atoms with Crippen LogP contribution in [0, 0.1) is 0 Å². The predicted molar refractivity (Wildman–Crippen MR) is 37.2 cm³/mol. The van der Waals surface area contributed by atoms with Gasteiger partial charge in [-0.25, -0.2) is 4.31 Å². The van der Waals surface area contributed by atoms with Crippen LogP contribution in [0.1, 0.15) is 13.3 Å². The molecule has 7 heteroatoms. The quantitative estimate of drug-likeness (QED) is 0.312. The van der Waals surface area contributed by atoms with Gasteiger partial charge in [0.25, 0.3) is 0 Å². The topological polar surface area (TPSA) is 74.7 Å². The van der Waals surface area contributed by atoms with Gasteiger partial charge in [0, 0.05) is 11.9 Å². The standard InChI is InChI=1S/C4H6BNO4S/c1-4(5)2-3(7)6(4)11(8,9)10/h2H2,1H3,(H,8,9,10)/t4-/m0/s1. The Morgan fingerprint density at radius 3 is 2.27 bits per heavy atom. The first-order chi connectivity index (χ1) is 4.75. The molecule has 60 valence electrons. The van der Waals surface area contributed by atoms with E-state index < -0.39 is 21.6 Å². The molecule has 1 fully saturated rings. The molecule has 1 amide bonds. The molecule has 1 heterocycles. The Kier molecular flexibility index (Phi) is 1.54. The third-order valence-corrected chi connectivity index (χ3v) is 2.51. The van der Waals surface area contributed by atoms with Crippen LogP contribution in [-0.4, -0.2) is 36.5 Å². The molecule has 0 spiro atoms. The van der Waals surface area contributed by atoms with Gasteiger partial charge in [-0.15, -0.1) is 0 Å². The number of hydrogen-bond donors (Lipinski definition) is 1. The molecule has 1 aliphatic rings. The van der Waals surface area contributed by atoms with Gasteiger partial charge in [-0.05, 0) is 6.92 Å². The molecule has 0 bridgehead atoms. The zero-order chi connectivity index (χ0) is 8.86. The Morgan fingerprint density at radius 2 is 2.18 bits per heavy atom. The Bertz CT molecular complexity index is 295. The van der Waals surface area contributed by atoms with Gasteiger partial charge in [0.1, 0.15) is 7.85 Å². The molecule has 0 aromatic carbocycles. The second kappa shape index (κ2) is 1.98. The maximum atomic E-state index is 10.6. The molecule has 0 unspecified atom stereocenters. The van der Waals surface area contributed by atoms with Gasteiger partial charge < -0.3 is 0 Å². The number of carbonyl (C=O) groups is 1. The summed E-state index contributed by atoms with van der Waals surface area (Å²) in [5.41, 5.74) is -1.26. The first-order valence-corrected chi connectivity index (χ1v) is 4.24. The van der Waals surface area contributed by atoms with Gasteiger partial charge >= 0.3 is 10.3 Å². The second-order valence-corrected chi connectivity index (χ2v) is 3.93. The van der Waals surface area contributed by atoms with E-state index in [1.165, 1.54) is 6.92 Å². The molecule has 1 aliphatic heterocycles. The van der Waals surface area contributed by atoms with Crippen molar-refractivity contribution in [2.45, 2.75) is 18.8 Å². The van der Waals surface area contributed by atoms with Crippen molar-refractivity contribution in [3.05, 3.63) is 0 Å². The molecular formula is C4H6BNO4S. The summed E-state index contributed by atoms with van der Waals surface area (Å²) >= 11 is 0. The molecule has 1 rings (SSSR count). The van der Waals surface area contributed by atoms with E-state index in [2.05, 4.69) is 0 Å². The average Bonchev–Trinajstić information content (AvgIpc) is 1.54. The first-order valence-electron chi connectivity index (χ1n) is 2.85. The highest BCUT2D eigenvalue weighted by Crippen LogP contribution is 2.30. The average molecular weight is 175 g/mol. The Morgan fingerprint density at radius 1 is 1.73 bits per heavy atom. The zero-order valence-electron chi connectivity index (χ0n) is 5.81. The summed E-state index contributed by atoms with van der Waals surface area (Å²) in [6.07, 6.45) is -0.0627. The van der Waals surface area contributed by atoms with E-state index in [9.17, 15) is 13.2 Å². The maximum absolute atomic E-state index is 10.6. The summed E-state index contributed by atoms with van der Waals surface area (Å²) in [4.78, 5) is 10.6. The van der Waals surface area contributed by atoms with Gasteiger partial charge in [0.05, 0.1) is 0 Å². The van der Waals surface area contributed by atoms with Gasteiger partial charge in [-0.3, -0.25) is 9.35 Å². The third kappa shape index (κ3) is 1.25. The van der Waals surface area contributed by atoms with E-state index in [0.29, 0.717) is 0 Å². The first kappa shape index (κ1) is 8.54. The molecule has 0 aromatic heterocycles. The highest BCUT2D eigenvalue weighted by Gasteiger charge is 2.49. The molecular weight excluding hydrogens is 169 g/mol. The van der Waals surface area contributed by atoms with E-state index in [1.807, 2.05) is 0 Å². The fourth-order valence-corrected chi connectivity index (χ4v) is 1.95. The number of β-lactam (4-membered cyclic amide) rings is 1. The van der Waals surface area contributed by atoms with E-state index >= 15 is 0 Å². The lowest BCUT2D eigenvalue weighted by molar-refractivity contribution is -0.139. The molecule has 1 N–H and O–H groups in total. The van der Waals surface area contributed by atoms with Crippen LogP contribution in [-0.2, 0) is 15.1 Å². The van der Waals surface area contributed by atoms with Crippen LogP contribution in [0.3, 0.4) is 0 Å². The summed E-state index contributed by atoms with van der Waals surface area (Å²) in [5, 5.41) is 0. The number of carbonyl (C=O) groups excluding carboxylic acids is 1. The van der Waals surface area contributed by atoms with Crippen molar-refractivity contribution >= 4 is 24.1 Å².